The predicted octanol–water partition coefficient (Wildman–Crippen LogP) is 1.19. The fourth-order valence-corrected chi connectivity index (χ4v) is 2.75. The van der Waals surface area contributed by atoms with E-state index in [1.165, 1.54) is 45.3 Å². The highest BCUT2D eigenvalue weighted by atomic mass is 15.2. The molecule has 1 heterocycles. The summed E-state index contributed by atoms with van der Waals surface area (Å²) >= 11 is 0. The summed E-state index contributed by atoms with van der Waals surface area (Å²) in [5, 5.41) is 3.78. The number of rotatable bonds is 5. The van der Waals surface area contributed by atoms with Crippen molar-refractivity contribution < 1.29 is 0 Å². The molecule has 1 aliphatic heterocycles. The van der Waals surface area contributed by atoms with Crippen LogP contribution in [0.4, 0.5) is 0 Å². The van der Waals surface area contributed by atoms with Gasteiger partial charge in [-0.05, 0) is 44.7 Å². The molecule has 0 amide bonds. The zero-order chi connectivity index (χ0) is 11.6. The number of likely N-dealkylation sites (tertiary alicyclic amines) is 1. The zero-order valence-corrected chi connectivity index (χ0v) is 10.8. The van der Waals surface area contributed by atoms with Crippen molar-refractivity contribution in [1.29, 1.82) is 0 Å². The summed E-state index contributed by atoms with van der Waals surface area (Å²) in [6.07, 6.45) is 5.17. The molecule has 1 aliphatic carbocycles. The van der Waals surface area contributed by atoms with Gasteiger partial charge < -0.3 is 16.0 Å². The van der Waals surface area contributed by atoms with Crippen LogP contribution in [-0.2, 0) is 0 Å². The minimum absolute atomic E-state index is 0.259. The Morgan fingerprint density at radius 2 is 1.94 bits per heavy atom. The second-order valence-corrected chi connectivity index (χ2v) is 6.10. The van der Waals surface area contributed by atoms with Gasteiger partial charge in [0.15, 0.2) is 0 Å². The third-order valence-electron chi connectivity index (χ3n) is 3.91. The molecule has 3 heteroatoms. The molecule has 1 saturated heterocycles. The van der Waals surface area contributed by atoms with E-state index >= 15 is 0 Å². The van der Waals surface area contributed by atoms with Crippen LogP contribution in [-0.4, -0.2) is 42.7 Å². The van der Waals surface area contributed by atoms with Gasteiger partial charge in [-0.2, -0.15) is 0 Å². The summed E-state index contributed by atoms with van der Waals surface area (Å²) in [5.74, 6) is 0.779. The van der Waals surface area contributed by atoms with Gasteiger partial charge in [0.05, 0.1) is 0 Å². The van der Waals surface area contributed by atoms with Gasteiger partial charge in [0, 0.05) is 24.7 Å². The normalized spacial score (nSPS) is 26.2. The zero-order valence-electron chi connectivity index (χ0n) is 10.8. The average molecular weight is 225 g/mol. The summed E-state index contributed by atoms with van der Waals surface area (Å²) in [6.45, 7) is 9.08. The minimum atomic E-state index is 0.259. The third kappa shape index (κ3) is 3.19. The lowest BCUT2D eigenvalue weighted by atomic mass is 9.87. The van der Waals surface area contributed by atoms with Gasteiger partial charge in [-0.1, -0.05) is 13.8 Å². The van der Waals surface area contributed by atoms with E-state index in [1.54, 1.807) is 0 Å². The lowest BCUT2D eigenvalue weighted by Crippen LogP contribution is -2.58. The molecule has 0 radical (unpaired) electrons. The second kappa shape index (κ2) is 5.03. The van der Waals surface area contributed by atoms with Crippen molar-refractivity contribution in [2.45, 2.75) is 51.1 Å². The van der Waals surface area contributed by atoms with Gasteiger partial charge in [-0.25, -0.2) is 0 Å². The van der Waals surface area contributed by atoms with E-state index in [0.717, 1.165) is 18.5 Å². The molecular formula is C13H27N3. The summed E-state index contributed by atoms with van der Waals surface area (Å²) in [7, 11) is 0. The van der Waals surface area contributed by atoms with Crippen LogP contribution in [0.25, 0.3) is 0 Å². The topological polar surface area (TPSA) is 41.3 Å². The van der Waals surface area contributed by atoms with E-state index in [-0.39, 0.29) is 5.54 Å². The van der Waals surface area contributed by atoms with Crippen LogP contribution in [0.1, 0.15) is 39.5 Å². The van der Waals surface area contributed by atoms with Gasteiger partial charge in [0.25, 0.3) is 0 Å². The first kappa shape index (κ1) is 12.3. The lowest BCUT2D eigenvalue weighted by molar-refractivity contribution is 0.127. The molecule has 0 bridgehead atoms. The molecule has 2 aliphatic rings. The fourth-order valence-electron chi connectivity index (χ4n) is 2.75. The SMILES string of the molecule is CC(C)CN1CCC(CN)(NC2CC2)CC1. The van der Waals surface area contributed by atoms with Crippen molar-refractivity contribution >= 4 is 0 Å². The standard InChI is InChI=1S/C13H27N3/c1-11(2)9-16-7-5-13(10-14,6-8-16)15-12-3-4-12/h11-12,15H,3-10,14H2,1-2H3. The summed E-state index contributed by atoms with van der Waals surface area (Å²) < 4.78 is 0. The molecule has 2 fully saturated rings. The third-order valence-corrected chi connectivity index (χ3v) is 3.91. The van der Waals surface area contributed by atoms with E-state index in [1.807, 2.05) is 0 Å². The molecule has 0 spiro atoms. The molecule has 0 unspecified atom stereocenters. The van der Waals surface area contributed by atoms with Crippen LogP contribution < -0.4 is 11.1 Å². The van der Waals surface area contributed by atoms with Crippen molar-refractivity contribution in [3.05, 3.63) is 0 Å². The van der Waals surface area contributed by atoms with E-state index in [0.29, 0.717) is 0 Å². The molecule has 1 saturated carbocycles. The second-order valence-electron chi connectivity index (χ2n) is 6.10. The van der Waals surface area contributed by atoms with Crippen molar-refractivity contribution in [3.63, 3.8) is 0 Å². The number of hydrogen-bond donors (Lipinski definition) is 2. The van der Waals surface area contributed by atoms with E-state index in [2.05, 4.69) is 24.1 Å². The van der Waals surface area contributed by atoms with E-state index < -0.39 is 0 Å². The first-order chi connectivity index (χ1) is 7.63. The highest BCUT2D eigenvalue weighted by Gasteiger charge is 2.37. The average Bonchev–Trinajstić information content (AvgIpc) is 3.04. The fraction of sp³-hybridized carbons (Fsp3) is 1.00. The van der Waals surface area contributed by atoms with E-state index in [9.17, 15) is 0 Å². The van der Waals surface area contributed by atoms with Crippen molar-refractivity contribution in [2.75, 3.05) is 26.2 Å². The number of hydrogen-bond acceptors (Lipinski definition) is 3. The maximum absolute atomic E-state index is 5.98. The first-order valence-corrected chi connectivity index (χ1v) is 6.84. The smallest absolute Gasteiger partial charge is 0.0330 e. The van der Waals surface area contributed by atoms with Crippen LogP contribution in [0.5, 0.6) is 0 Å². The first-order valence-electron chi connectivity index (χ1n) is 6.84. The van der Waals surface area contributed by atoms with E-state index in [4.69, 9.17) is 5.73 Å². The Balaban J connectivity index is 1.80. The number of piperidine rings is 1. The maximum Gasteiger partial charge on any atom is 0.0330 e. The molecule has 3 N–H and O–H groups in total. The minimum Gasteiger partial charge on any atom is -0.329 e. The quantitative estimate of drug-likeness (QED) is 0.738. The Kier molecular flexibility index (Phi) is 3.88. The Hall–Kier alpha value is -0.120. The summed E-state index contributed by atoms with van der Waals surface area (Å²) in [6, 6.07) is 0.778. The van der Waals surface area contributed by atoms with Crippen LogP contribution in [0.3, 0.4) is 0 Å². The number of nitrogens with one attached hydrogen (secondary N) is 1. The molecule has 0 aromatic carbocycles. The highest BCUT2D eigenvalue weighted by molar-refractivity contribution is 4.99. The van der Waals surface area contributed by atoms with Gasteiger partial charge in [0.2, 0.25) is 0 Å². The van der Waals surface area contributed by atoms with Crippen LogP contribution >= 0.6 is 0 Å². The Labute approximate surface area is 99.8 Å². The van der Waals surface area contributed by atoms with Crippen molar-refractivity contribution in [2.24, 2.45) is 11.7 Å². The predicted molar refractivity (Wildman–Crippen MR) is 68.5 cm³/mol. The Morgan fingerprint density at radius 3 is 2.38 bits per heavy atom. The molecule has 94 valence electrons. The molecule has 0 aromatic rings. The van der Waals surface area contributed by atoms with Crippen LogP contribution in [0, 0.1) is 5.92 Å². The van der Waals surface area contributed by atoms with Crippen molar-refractivity contribution in [1.82, 2.24) is 10.2 Å². The Bertz CT molecular complexity index is 215. The van der Waals surface area contributed by atoms with Crippen LogP contribution in [0.15, 0.2) is 0 Å². The monoisotopic (exact) mass is 225 g/mol. The number of nitrogens with zero attached hydrogens (tertiary/aromatic N) is 1. The van der Waals surface area contributed by atoms with Crippen molar-refractivity contribution in [3.8, 4) is 0 Å². The maximum atomic E-state index is 5.98. The van der Waals surface area contributed by atoms with Gasteiger partial charge in [0.1, 0.15) is 0 Å². The Morgan fingerprint density at radius 1 is 1.31 bits per heavy atom. The van der Waals surface area contributed by atoms with Gasteiger partial charge in [-0.3, -0.25) is 0 Å². The number of nitrogens with two attached hydrogens (primary N) is 1. The lowest BCUT2D eigenvalue weighted by Gasteiger charge is -2.42. The molecular weight excluding hydrogens is 198 g/mol. The van der Waals surface area contributed by atoms with Gasteiger partial charge in [-0.15, -0.1) is 0 Å². The molecule has 2 rings (SSSR count). The molecule has 0 aromatic heterocycles. The molecule has 3 nitrogen and oxygen atoms in total. The van der Waals surface area contributed by atoms with Gasteiger partial charge >= 0.3 is 0 Å². The largest absolute Gasteiger partial charge is 0.329 e. The van der Waals surface area contributed by atoms with Crippen LogP contribution in [0.2, 0.25) is 0 Å². The summed E-state index contributed by atoms with van der Waals surface area (Å²) in [4.78, 5) is 2.59. The molecule has 0 atom stereocenters. The summed E-state index contributed by atoms with van der Waals surface area (Å²) in [5.41, 5.74) is 6.24. The molecule has 16 heavy (non-hydrogen) atoms. The highest BCUT2D eigenvalue weighted by Crippen LogP contribution is 2.28.